The van der Waals surface area contributed by atoms with Gasteiger partial charge in [-0.3, -0.25) is 0 Å². The Morgan fingerprint density at radius 3 is 1.39 bits per heavy atom. The van der Waals surface area contributed by atoms with Crippen LogP contribution in [-0.2, 0) is 0 Å². The molecule has 0 spiro atoms. The fraction of sp³-hybridized carbons (Fsp3) is 0. The van der Waals surface area contributed by atoms with E-state index in [0.29, 0.717) is 0 Å². The van der Waals surface area contributed by atoms with E-state index in [1.807, 2.05) is 40.9 Å². The molecular formula is C34H20N2S2. The molecule has 0 radical (unpaired) electrons. The van der Waals surface area contributed by atoms with Crippen LogP contribution in [0.1, 0.15) is 0 Å². The molecule has 8 rings (SSSR count). The second-order valence-corrected chi connectivity index (χ2v) is 11.6. The maximum absolute atomic E-state index is 5.07. The van der Waals surface area contributed by atoms with Gasteiger partial charge in [0.1, 0.15) is 0 Å². The molecule has 0 bridgehead atoms. The van der Waals surface area contributed by atoms with Gasteiger partial charge in [0.15, 0.2) is 5.82 Å². The summed E-state index contributed by atoms with van der Waals surface area (Å²) in [6.07, 6.45) is 0. The average molecular weight is 521 g/mol. The van der Waals surface area contributed by atoms with Crippen molar-refractivity contribution in [1.29, 1.82) is 0 Å². The fourth-order valence-corrected chi connectivity index (χ4v) is 7.40. The van der Waals surface area contributed by atoms with Gasteiger partial charge in [-0.15, -0.1) is 22.7 Å². The Balaban J connectivity index is 1.35. The first-order valence-electron chi connectivity index (χ1n) is 12.6. The number of aromatic nitrogens is 2. The normalized spacial score (nSPS) is 11.7. The van der Waals surface area contributed by atoms with Crippen molar-refractivity contribution in [2.45, 2.75) is 0 Å². The van der Waals surface area contributed by atoms with Crippen LogP contribution < -0.4 is 0 Å². The number of rotatable bonds is 3. The summed E-state index contributed by atoms with van der Waals surface area (Å²) in [6.45, 7) is 0. The van der Waals surface area contributed by atoms with E-state index in [9.17, 15) is 0 Å². The molecule has 0 atom stereocenters. The molecule has 38 heavy (non-hydrogen) atoms. The molecule has 8 aromatic rings. The van der Waals surface area contributed by atoms with Gasteiger partial charge < -0.3 is 0 Å². The van der Waals surface area contributed by atoms with Crippen LogP contribution in [-0.4, -0.2) is 9.97 Å². The first-order valence-corrected chi connectivity index (χ1v) is 14.2. The Morgan fingerprint density at radius 2 is 0.842 bits per heavy atom. The highest BCUT2D eigenvalue weighted by molar-refractivity contribution is 7.26. The van der Waals surface area contributed by atoms with E-state index in [1.54, 1.807) is 0 Å². The van der Waals surface area contributed by atoms with Crippen molar-refractivity contribution < 1.29 is 0 Å². The number of nitrogens with zero attached hydrogens (tertiary/aromatic N) is 2. The molecule has 2 nitrogen and oxygen atoms in total. The van der Waals surface area contributed by atoms with E-state index in [0.717, 1.165) is 33.9 Å². The molecule has 0 saturated heterocycles. The summed E-state index contributed by atoms with van der Waals surface area (Å²) >= 11 is 3.67. The second kappa shape index (κ2) is 8.59. The number of hydrogen-bond acceptors (Lipinski definition) is 4. The van der Waals surface area contributed by atoms with Crippen LogP contribution in [0.5, 0.6) is 0 Å². The number of fused-ring (bicyclic) bond motifs is 6. The van der Waals surface area contributed by atoms with Crippen molar-refractivity contribution in [2.75, 3.05) is 0 Å². The summed E-state index contributed by atoms with van der Waals surface area (Å²) in [7, 11) is 0. The van der Waals surface area contributed by atoms with Crippen LogP contribution >= 0.6 is 22.7 Å². The molecule has 0 aliphatic rings. The van der Waals surface area contributed by atoms with Gasteiger partial charge >= 0.3 is 0 Å². The Labute approximate surface area is 227 Å². The molecule has 0 aliphatic heterocycles. The van der Waals surface area contributed by atoms with E-state index in [-0.39, 0.29) is 0 Å². The number of benzene rings is 5. The number of thiophene rings is 2. The van der Waals surface area contributed by atoms with Crippen LogP contribution in [0, 0.1) is 0 Å². The Bertz CT molecular complexity index is 2010. The lowest BCUT2D eigenvalue weighted by atomic mass is 10.0. The SMILES string of the molecule is c1ccc(-c2nc(-c3ccc4sc5ccccc5c4c3)cc(-c3ccc4sc5ccccc5c4c3)n2)cc1. The molecule has 0 amide bonds. The Kier molecular flexibility index (Phi) is 4.90. The van der Waals surface area contributed by atoms with Crippen molar-refractivity contribution in [2.24, 2.45) is 0 Å². The minimum atomic E-state index is 0.739. The molecule has 0 unspecified atom stereocenters. The maximum atomic E-state index is 5.07. The molecule has 5 aromatic carbocycles. The van der Waals surface area contributed by atoms with Gasteiger partial charge in [0, 0.05) is 57.0 Å². The highest BCUT2D eigenvalue weighted by atomic mass is 32.1. The third kappa shape index (κ3) is 3.53. The van der Waals surface area contributed by atoms with E-state index in [2.05, 4.69) is 103 Å². The predicted molar refractivity (Wildman–Crippen MR) is 164 cm³/mol. The van der Waals surface area contributed by atoms with Crippen LogP contribution in [0.4, 0.5) is 0 Å². The topological polar surface area (TPSA) is 25.8 Å². The van der Waals surface area contributed by atoms with Gasteiger partial charge in [-0.1, -0.05) is 78.9 Å². The lowest BCUT2D eigenvalue weighted by molar-refractivity contribution is 1.18. The van der Waals surface area contributed by atoms with Gasteiger partial charge in [-0.2, -0.15) is 0 Å². The van der Waals surface area contributed by atoms with E-state index in [1.165, 1.54) is 40.3 Å². The summed E-state index contributed by atoms with van der Waals surface area (Å²) in [6, 6.07) is 43.0. The molecule has 3 heterocycles. The Hall–Kier alpha value is -4.38. The van der Waals surface area contributed by atoms with Crippen molar-refractivity contribution >= 4 is 63.0 Å². The van der Waals surface area contributed by atoms with Crippen molar-refractivity contribution in [3.05, 3.63) is 121 Å². The summed E-state index contributed by atoms with van der Waals surface area (Å²) in [5.41, 5.74) is 5.08. The highest BCUT2D eigenvalue weighted by Crippen LogP contribution is 2.39. The predicted octanol–water partition coefficient (Wildman–Crippen LogP) is 10.2. The standard InChI is InChI=1S/C34H20N2S2/c1-2-8-21(9-3-1)34-35-28(22-14-16-32-26(18-22)24-10-4-6-12-30(24)37-32)20-29(36-34)23-15-17-33-27(19-23)25-11-5-7-13-31(25)38-33/h1-20H. The minimum absolute atomic E-state index is 0.739. The fourth-order valence-electron chi connectivity index (χ4n) is 5.23. The third-order valence-electron chi connectivity index (χ3n) is 7.10. The van der Waals surface area contributed by atoms with Gasteiger partial charge in [0.25, 0.3) is 0 Å². The Morgan fingerprint density at radius 1 is 0.368 bits per heavy atom. The third-order valence-corrected chi connectivity index (χ3v) is 9.41. The molecule has 0 aliphatic carbocycles. The minimum Gasteiger partial charge on any atom is -0.228 e. The summed E-state index contributed by atoms with van der Waals surface area (Å²) < 4.78 is 5.21. The van der Waals surface area contributed by atoms with Crippen molar-refractivity contribution in [3.63, 3.8) is 0 Å². The first-order chi connectivity index (χ1) is 18.8. The molecule has 0 N–H and O–H groups in total. The monoisotopic (exact) mass is 520 g/mol. The van der Waals surface area contributed by atoms with Crippen molar-refractivity contribution in [3.8, 4) is 33.9 Å². The second-order valence-electron chi connectivity index (χ2n) is 9.45. The molecule has 4 heteroatoms. The molecular weight excluding hydrogens is 501 g/mol. The van der Waals surface area contributed by atoms with Crippen molar-refractivity contribution in [1.82, 2.24) is 9.97 Å². The van der Waals surface area contributed by atoms with Crippen LogP contribution in [0.2, 0.25) is 0 Å². The smallest absolute Gasteiger partial charge is 0.160 e. The van der Waals surface area contributed by atoms with Gasteiger partial charge in [-0.25, -0.2) is 9.97 Å². The maximum Gasteiger partial charge on any atom is 0.160 e. The first kappa shape index (κ1) is 21.7. The van der Waals surface area contributed by atoms with E-state index >= 15 is 0 Å². The zero-order valence-electron chi connectivity index (χ0n) is 20.3. The molecule has 178 valence electrons. The molecule has 0 fully saturated rings. The van der Waals surface area contributed by atoms with Gasteiger partial charge in [-0.05, 0) is 42.5 Å². The van der Waals surface area contributed by atoms with Crippen LogP contribution in [0.25, 0.3) is 74.2 Å². The van der Waals surface area contributed by atoms with E-state index < -0.39 is 0 Å². The van der Waals surface area contributed by atoms with Gasteiger partial charge in [0.05, 0.1) is 11.4 Å². The molecule has 0 saturated carbocycles. The largest absolute Gasteiger partial charge is 0.228 e. The number of hydrogen-bond donors (Lipinski definition) is 0. The highest BCUT2D eigenvalue weighted by Gasteiger charge is 2.14. The lowest BCUT2D eigenvalue weighted by Crippen LogP contribution is -1.95. The summed E-state index contributed by atoms with van der Waals surface area (Å²) in [4.78, 5) is 10.1. The lowest BCUT2D eigenvalue weighted by Gasteiger charge is -2.10. The van der Waals surface area contributed by atoms with Gasteiger partial charge in [0.2, 0.25) is 0 Å². The zero-order chi connectivity index (χ0) is 25.1. The average Bonchev–Trinajstić information content (AvgIpc) is 3.55. The quantitative estimate of drug-likeness (QED) is 0.232. The summed E-state index contributed by atoms with van der Waals surface area (Å²) in [5.74, 6) is 0.739. The molecule has 3 aromatic heterocycles. The van der Waals surface area contributed by atoms with Crippen LogP contribution in [0.3, 0.4) is 0 Å². The van der Waals surface area contributed by atoms with Crippen LogP contribution in [0.15, 0.2) is 121 Å². The van der Waals surface area contributed by atoms with E-state index in [4.69, 9.17) is 9.97 Å². The zero-order valence-corrected chi connectivity index (χ0v) is 21.9. The summed E-state index contributed by atoms with van der Waals surface area (Å²) in [5, 5.41) is 5.13.